The SMILES string of the molecule is O=S(=O)(CC1CC1)NCCCc1ccc(S(=O)(=O)Cl)cc1. The summed E-state index contributed by atoms with van der Waals surface area (Å²) in [7, 11) is -1.60. The Kier molecular flexibility index (Phi) is 5.29. The Morgan fingerprint density at radius 3 is 2.24 bits per heavy atom. The van der Waals surface area contributed by atoms with Crippen LogP contribution in [0.3, 0.4) is 0 Å². The Labute approximate surface area is 130 Å². The number of rotatable bonds is 8. The van der Waals surface area contributed by atoms with E-state index in [0.717, 1.165) is 18.4 Å². The van der Waals surface area contributed by atoms with Crippen LogP contribution in [0, 0.1) is 5.92 Å². The van der Waals surface area contributed by atoms with Crippen LogP contribution in [0.15, 0.2) is 29.2 Å². The summed E-state index contributed by atoms with van der Waals surface area (Å²) in [6.07, 6.45) is 3.36. The fourth-order valence-electron chi connectivity index (χ4n) is 1.99. The highest BCUT2D eigenvalue weighted by molar-refractivity contribution is 8.13. The number of sulfonamides is 1. The van der Waals surface area contributed by atoms with Crippen molar-refractivity contribution in [1.82, 2.24) is 4.72 Å². The molecular weight excluding hydrogens is 334 g/mol. The van der Waals surface area contributed by atoms with Gasteiger partial charge in [-0.15, -0.1) is 0 Å². The molecule has 0 aliphatic heterocycles. The van der Waals surface area contributed by atoms with Crippen molar-refractivity contribution >= 4 is 29.8 Å². The van der Waals surface area contributed by atoms with Gasteiger partial charge >= 0.3 is 0 Å². The zero-order valence-electron chi connectivity index (χ0n) is 11.5. The molecule has 0 unspecified atom stereocenters. The molecule has 2 rings (SSSR count). The fourth-order valence-corrected chi connectivity index (χ4v) is 4.29. The van der Waals surface area contributed by atoms with E-state index in [1.807, 2.05) is 0 Å². The number of nitrogens with one attached hydrogen (secondary N) is 1. The van der Waals surface area contributed by atoms with Crippen molar-refractivity contribution < 1.29 is 16.8 Å². The predicted molar refractivity (Wildman–Crippen MR) is 82.3 cm³/mol. The van der Waals surface area contributed by atoms with Crippen LogP contribution in [-0.4, -0.2) is 29.1 Å². The smallest absolute Gasteiger partial charge is 0.215 e. The number of aryl methyl sites for hydroxylation is 1. The number of hydrogen-bond donors (Lipinski definition) is 1. The first-order valence-electron chi connectivity index (χ1n) is 6.77. The Morgan fingerprint density at radius 1 is 1.10 bits per heavy atom. The maximum atomic E-state index is 11.7. The van der Waals surface area contributed by atoms with E-state index >= 15 is 0 Å². The van der Waals surface area contributed by atoms with E-state index in [4.69, 9.17) is 10.7 Å². The molecule has 1 saturated carbocycles. The average molecular weight is 352 g/mol. The van der Waals surface area contributed by atoms with Gasteiger partial charge in [-0.3, -0.25) is 0 Å². The maximum Gasteiger partial charge on any atom is 0.261 e. The van der Waals surface area contributed by atoms with Crippen molar-refractivity contribution in [2.75, 3.05) is 12.3 Å². The van der Waals surface area contributed by atoms with Crippen molar-refractivity contribution in [3.63, 3.8) is 0 Å². The van der Waals surface area contributed by atoms with Gasteiger partial charge in [-0.1, -0.05) is 12.1 Å². The molecule has 0 spiro atoms. The Bertz CT molecular complexity index is 679. The minimum absolute atomic E-state index is 0.0676. The van der Waals surface area contributed by atoms with Gasteiger partial charge in [-0.05, 0) is 49.3 Å². The number of halogens is 1. The average Bonchev–Trinajstić information content (AvgIpc) is 3.17. The molecular formula is C13H18ClNO4S2. The number of benzene rings is 1. The summed E-state index contributed by atoms with van der Waals surface area (Å²) in [5.74, 6) is 0.572. The lowest BCUT2D eigenvalue weighted by atomic mass is 10.1. The summed E-state index contributed by atoms with van der Waals surface area (Å²) in [6.45, 7) is 0.393. The van der Waals surface area contributed by atoms with Crippen molar-refractivity contribution in [3.05, 3.63) is 29.8 Å². The monoisotopic (exact) mass is 351 g/mol. The van der Waals surface area contributed by atoms with Crippen molar-refractivity contribution in [1.29, 1.82) is 0 Å². The van der Waals surface area contributed by atoms with Gasteiger partial charge in [0.05, 0.1) is 10.6 Å². The van der Waals surface area contributed by atoms with Crippen molar-refractivity contribution in [2.24, 2.45) is 5.92 Å². The molecule has 0 saturated heterocycles. The lowest BCUT2D eigenvalue weighted by Gasteiger charge is -2.06. The molecule has 0 atom stereocenters. The van der Waals surface area contributed by atoms with Crippen LogP contribution in [0.5, 0.6) is 0 Å². The van der Waals surface area contributed by atoms with Gasteiger partial charge < -0.3 is 0 Å². The zero-order chi connectivity index (χ0) is 15.5. The van der Waals surface area contributed by atoms with Crippen LogP contribution >= 0.6 is 10.7 Å². The normalized spacial score (nSPS) is 16.0. The van der Waals surface area contributed by atoms with Crippen LogP contribution in [0.2, 0.25) is 0 Å². The van der Waals surface area contributed by atoms with Gasteiger partial charge in [0.1, 0.15) is 0 Å². The molecule has 1 aliphatic carbocycles. The molecule has 1 fully saturated rings. The van der Waals surface area contributed by atoms with Crippen LogP contribution in [0.1, 0.15) is 24.8 Å². The third-order valence-electron chi connectivity index (χ3n) is 3.32. The molecule has 0 radical (unpaired) electrons. The van der Waals surface area contributed by atoms with Gasteiger partial charge in [0.25, 0.3) is 9.05 Å². The summed E-state index contributed by atoms with van der Waals surface area (Å²) >= 11 is 0. The first-order valence-corrected chi connectivity index (χ1v) is 10.7. The standard InChI is InChI=1S/C13H18ClNO4S2/c14-21(18,19)13-7-5-11(6-8-13)2-1-9-15-20(16,17)10-12-3-4-12/h5-8,12,15H,1-4,9-10H2. The van der Waals surface area contributed by atoms with Crippen LogP contribution in [0.4, 0.5) is 0 Å². The first-order chi connectivity index (χ1) is 9.76. The molecule has 118 valence electrons. The second-order valence-corrected chi connectivity index (χ2v) is 9.72. The number of hydrogen-bond acceptors (Lipinski definition) is 4. The Balaban J connectivity index is 1.75. The van der Waals surface area contributed by atoms with Gasteiger partial charge in [-0.2, -0.15) is 0 Å². The van der Waals surface area contributed by atoms with E-state index in [-0.39, 0.29) is 10.6 Å². The molecule has 5 nitrogen and oxygen atoms in total. The predicted octanol–water partition coefficient (Wildman–Crippen LogP) is 1.88. The van der Waals surface area contributed by atoms with E-state index in [1.54, 1.807) is 12.1 Å². The molecule has 8 heteroatoms. The summed E-state index contributed by atoms with van der Waals surface area (Å²) in [5, 5.41) is 0. The third-order valence-corrected chi connectivity index (χ3v) is 6.25. The van der Waals surface area contributed by atoms with Gasteiger partial charge in [0, 0.05) is 17.2 Å². The lowest BCUT2D eigenvalue weighted by Crippen LogP contribution is -2.28. The van der Waals surface area contributed by atoms with Crippen molar-refractivity contribution in [2.45, 2.75) is 30.6 Å². The third kappa shape index (κ3) is 5.94. The minimum atomic E-state index is -3.69. The largest absolute Gasteiger partial charge is 0.261 e. The van der Waals surface area contributed by atoms with E-state index in [9.17, 15) is 16.8 Å². The highest BCUT2D eigenvalue weighted by atomic mass is 35.7. The maximum absolute atomic E-state index is 11.7. The second kappa shape index (κ2) is 6.64. The van der Waals surface area contributed by atoms with E-state index in [0.29, 0.717) is 25.3 Å². The molecule has 21 heavy (non-hydrogen) atoms. The molecule has 1 aromatic rings. The van der Waals surface area contributed by atoms with Gasteiger partial charge in [0.2, 0.25) is 10.0 Å². The van der Waals surface area contributed by atoms with Gasteiger partial charge in [0.15, 0.2) is 0 Å². The Morgan fingerprint density at radius 2 is 1.71 bits per heavy atom. The van der Waals surface area contributed by atoms with E-state index in [2.05, 4.69) is 4.72 Å². The first kappa shape index (κ1) is 16.7. The summed E-state index contributed by atoms with van der Waals surface area (Å²) < 4.78 is 48.1. The molecule has 1 N–H and O–H groups in total. The Hall–Kier alpha value is -0.630. The highest BCUT2D eigenvalue weighted by Gasteiger charge is 2.27. The van der Waals surface area contributed by atoms with Crippen LogP contribution in [-0.2, 0) is 25.5 Å². The lowest BCUT2D eigenvalue weighted by molar-refractivity contribution is 0.575. The van der Waals surface area contributed by atoms with Crippen LogP contribution < -0.4 is 4.72 Å². The van der Waals surface area contributed by atoms with Crippen LogP contribution in [0.25, 0.3) is 0 Å². The van der Waals surface area contributed by atoms with E-state index < -0.39 is 19.1 Å². The van der Waals surface area contributed by atoms with E-state index in [1.165, 1.54) is 12.1 Å². The molecule has 0 heterocycles. The van der Waals surface area contributed by atoms with Crippen molar-refractivity contribution in [3.8, 4) is 0 Å². The second-order valence-electron chi connectivity index (χ2n) is 5.30. The quantitative estimate of drug-likeness (QED) is 0.572. The molecule has 1 aromatic carbocycles. The zero-order valence-corrected chi connectivity index (χ0v) is 13.8. The van der Waals surface area contributed by atoms with Gasteiger partial charge in [-0.25, -0.2) is 21.6 Å². The summed E-state index contributed by atoms with van der Waals surface area (Å²) in [4.78, 5) is 0.0676. The fraction of sp³-hybridized carbons (Fsp3) is 0.538. The topological polar surface area (TPSA) is 80.3 Å². The summed E-state index contributed by atoms with van der Waals surface area (Å²) in [5.41, 5.74) is 0.945. The molecule has 0 bridgehead atoms. The summed E-state index contributed by atoms with van der Waals surface area (Å²) in [6, 6.07) is 6.28. The molecule has 0 amide bonds. The minimum Gasteiger partial charge on any atom is -0.215 e. The molecule has 1 aliphatic rings. The molecule has 0 aromatic heterocycles. The highest BCUT2D eigenvalue weighted by Crippen LogP contribution is 2.29.